The van der Waals surface area contributed by atoms with Crippen LogP contribution in [0.2, 0.25) is 0 Å². The van der Waals surface area contributed by atoms with Gasteiger partial charge in [-0.3, -0.25) is 10.1 Å². The van der Waals surface area contributed by atoms with Crippen LogP contribution in [-0.4, -0.2) is 27.6 Å². The van der Waals surface area contributed by atoms with Crippen LogP contribution in [0, 0.1) is 5.41 Å². The molecule has 0 aliphatic carbocycles. The van der Waals surface area contributed by atoms with Crippen LogP contribution < -0.4 is 10.6 Å². The Morgan fingerprint density at radius 1 is 1.37 bits per heavy atom. The predicted molar refractivity (Wildman–Crippen MR) is 77.5 cm³/mol. The van der Waals surface area contributed by atoms with Gasteiger partial charge in [-0.25, -0.2) is 9.78 Å². The third kappa shape index (κ3) is 3.66. The van der Waals surface area contributed by atoms with E-state index in [1.54, 1.807) is 33.9 Å². The molecule has 1 aromatic rings. The molecule has 3 N–H and O–H groups in total. The number of hydrogen-bond donors (Lipinski definition) is 3. The van der Waals surface area contributed by atoms with Gasteiger partial charge in [0.05, 0.1) is 20.9 Å². The summed E-state index contributed by atoms with van der Waals surface area (Å²) in [5.41, 5.74) is -2.02. The Morgan fingerprint density at radius 3 is 2.37 bits per heavy atom. The largest absolute Gasteiger partial charge is 0.481 e. The maximum atomic E-state index is 11.8. The van der Waals surface area contributed by atoms with Gasteiger partial charge in [-0.1, -0.05) is 11.3 Å². The lowest BCUT2D eigenvalue weighted by molar-refractivity contribution is -0.150. The number of rotatable bonds is 4. The summed E-state index contributed by atoms with van der Waals surface area (Å²) in [7, 11) is 0. The molecule has 8 heteroatoms. The van der Waals surface area contributed by atoms with Gasteiger partial charge in [0.25, 0.3) is 0 Å². The van der Waals surface area contributed by atoms with Crippen molar-refractivity contribution in [2.75, 3.05) is 5.32 Å². The first kappa shape index (κ1) is 15.9. The second-order valence-electron chi connectivity index (χ2n) is 5.10. The minimum Gasteiger partial charge on any atom is -0.481 e. The van der Waals surface area contributed by atoms with Crippen LogP contribution in [0.3, 0.4) is 0 Å². The summed E-state index contributed by atoms with van der Waals surface area (Å²) in [6.07, 6.45) is 1.58. The lowest BCUT2D eigenvalue weighted by atomic mass is 9.74. The Kier molecular flexibility index (Phi) is 4.57. The van der Waals surface area contributed by atoms with E-state index in [-0.39, 0.29) is 0 Å². The standard InChI is InChI=1S/C11H16BrN3O3S/c1-10(2,7(16)17)11(3,4)15-8(18)14-9-13-5-6(12)19-9/h5H,1-4H3,(H,16,17)(H2,13,14,15,18). The van der Waals surface area contributed by atoms with Crippen LogP contribution in [0.25, 0.3) is 0 Å². The van der Waals surface area contributed by atoms with E-state index in [9.17, 15) is 14.7 Å². The minimum atomic E-state index is -1.10. The molecule has 0 spiro atoms. The topological polar surface area (TPSA) is 91.3 Å². The lowest BCUT2D eigenvalue weighted by Crippen LogP contribution is -2.57. The minimum absolute atomic E-state index is 0.438. The number of anilines is 1. The van der Waals surface area contributed by atoms with E-state index in [1.165, 1.54) is 11.3 Å². The molecule has 1 rings (SSSR count). The fourth-order valence-electron chi connectivity index (χ4n) is 1.15. The molecule has 0 radical (unpaired) electrons. The Hall–Kier alpha value is -1.15. The van der Waals surface area contributed by atoms with Crippen molar-refractivity contribution < 1.29 is 14.7 Å². The Bertz CT molecular complexity index is 499. The Labute approximate surface area is 123 Å². The van der Waals surface area contributed by atoms with E-state index in [0.29, 0.717) is 5.13 Å². The molecule has 1 heterocycles. The molecule has 0 saturated carbocycles. The molecule has 0 saturated heterocycles. The molecule has 0 atom stereocenters. The van der Waals surface area contributed by atoms with Crippen LogP contribution >= 0.6 is 27.3 Å². The highest BCUT2D eigenvalue weighted by Crippen LogP contribution is 2.31. The van der Waals surface area contributed by atoms with Gasteiger partial charge in [-0.2, -0.15) is 0 Å². The zero-order chi connectivity index (χ0) is 14.8. The van der Waals surface area contributed by atoms with Crippen LogP contribution in [0.15, 0.2) is 9.98 Å². The normalized spacial score (nSPS) is 12.1. The molecular weight excluding hydrogens is 334 g/mol. The smallest absolute Gasteiger partial charge is 0.321 e. The molecule has 106 valence electrons. The summed E-state index contributed by atoms with van der Waals surface area (Å²) in [5.74, 6) is -0.977. The summed E-state index contributed by atoms with van der Waals surface area (Å²) in [6, 6.07) is -0.485. The van der Waals surface area contributed by atoms with E-state index in [0.717, 1.165) is 3.79 Å². The molecule has 6 nitrogen and oxygen atoms in total. The van der Waals surface area contributed by atoms with Crippen molar-refractivity contribution in [2.45, 2.75) is 33.2 Å². The van der Waals surface area contributed by atoms with Crippen LogP contribution in [0.1, 0.15) is 27.7 Å². The highest BCUT2D eigenvalue weighted by Gasteiger charge is 2.44. The highest BCUT2D eigenvalue weighted by atomic mass is 79.9. The number of amides is 2. The second-order valence-corrected chi connectivity index (χ2v) is 7.51. The van der Waals surface area contributed by atoms with Gasteiger partial charge >= 0.3 is 12.0 Å². The van der Waals surface area contributed by atoms with E-state index in [2.05, 4.69) is 31.5 Å². The number of carboxylic acid groups (broad SMARTS) is 1. The maximum absolute atomic E-state index is 11.8. The molecule has 0 aliphatic heterocycles. The van der Waals surface area contributed by atoms with E-state index in [1.807, 2.05) is 0 Å². The Balaban J connectivity index is 2.73. The quantitative estimate of drug-likeness (QED) is 0.779. The van der Waals surface area contributed by atoms with E-state index >= 15 is 0 Å². The van der Waals surface area contributed by atoms with E-state index < -0.39 is 23.0 Å². The molecule has 19 heavy (non-hydrogen) atoms. The number of aliphatic carboxylic acids is 1. The first-order chi connectivity index (χ1) is 8.56. The first-order valence-corrected chi connectivity index (χ1v) is 7.11. The Morgan fingerprint density at radius 2 is 1.95 bits per heavy atom. The molecule has 2 amide bonds. The summed E-state index contributed by atoms with van der Waals surface area (Å²) < 4.78 is 0.799. The number of nitrogens with zero attached hydrogens (tertiary/aromatic N) is 1. The van der Waals surface area contributed by atoms with Crippen LogP contribution in [0.5, 0.6) is 0 Å². The van der Waals surface area contributed by atoms with Gasteiger partial charge < -0.3 is 10.4 Å². The highest BCUT2D eigenvalue weighted by molar-refractivity contribution is 9.11. The zero-order valence-corrected chi connectivity index (χ0v) is 13.5. The van der Waals surface area contributed by atoms with Crippen LogP contribution in [0.4, 0.5) is 9.93 Å². The van der Waals surface area contributed by atoms with Crippen molar-refractivity contribution in [1.29, 1.82) is 0 Å². The summed E-state index contributed by atoms with van der Waals surface area (Å²) in [4.78, 5) is 27.0. The monoisotopic (exact) mass is 349 g/mol. The molecule has 0 unspecified atom stereocenters. The zero-order valence-electron chi connectivity index (χ0n) is 11.1. The first-order valence-electron chi connectivity index (χ1n) is 5.50. The summed E-state index contributed by atoms with van der Waals surface area (Å²) >= 11 is 4.51. The molecular formula is C11H16BrN3O3S. The number of urea groups is 1. The molecule has 0 aromatic carbocycles. The third-order valence-corrected chi connectivity index (χ3v) is 4.61. The van der Waals surface area contributed by atoms with Crippen molar-refractivity contribution in [1.82, 2.24) is 10.3 Å². The fraction of sp³-hybridized carbons (Fsp3) is 0.545. The number of carbonyl (C=O) groups excluding carboxylic acids is 1. The number of thiazole rings is 1. The maximum Gasteiger partial charge on any atom is 0.321 e. The van der Waals surface area contributed by atoms with Crippen LogP contribution in [-0.2, 0) is 4.79 Å². The lowest BCUT2D eigenvalue weighted by Gasteiger charge is -2.38. The molecule has 0 fully saturated rings. The van der Waals surface area contributed by atoms with Gasteiger partial charge in [0.15, 0.2) is 5.13 Å². The fourth-order valence-corrected chi connectivity index (χ4v) is 2.25. The van der Waals surface area contributed by atoms with Crippen molar-refractivity contribution in [3.8, 4) is 0 Å². The third-order valence-electron chi connectivity index (χ3n) is 3.22. The second kappa shape index (κ2) is 5.46. The van der Waals surface area contributed by atoms with Gasteiger partial charge in [0.1, 0.15) is 0 Å². The molecule has 0 bridgehead atoms. The van der Waals surface area contributed by atoms with Crippen molar-refractivity contribution >= 4 is 44.4 Å². The SMILES string of the molecule is CC(C)(NC(=O)Nc1ncc(Br)s1)C(C)(C)C(=O)O. The predicted octanol–water partition coefficient (Wildman–Crippen LogP) is 2.92. The number of hydrogen-bond acceptors (Lipinski definition) is 4. The van der Waals surface area contributed by atoms with E-state index in [4.69, 9.17) is 0 Å². The number of nitrogens with one attached hydrogen (secondary N) is 2. The molecule has 1 aromatic heterocycles. The summed E-state index contributed by atoms with van der Waals surface area (Å²) in [6.45, 7) is 6.46. The van der Waals surface area contributed by atoms with Crippen molar-refractivity contribution in [2.24, 2.45) is 5.41 Å². The van der Waals surface area contributed by atoms with Gasteiger partial charge in [0, 0.05) is 0 Å². The summed E-state index contributed by atoms with van der Waals surface area (Å²) in [5, 5.41) is 14.9. The van der Waals surface area contributed by atoms with Crippen molar-refractivity contribution in [3.05, 3.63) is 9.98 Å². The number of halogens is 1. The average Bonchev–Trinajstić information content (AvgIpc) is 2.62. The van der Waals surface area contributed by atoms with Gasteiger partial charge in [-0.05, 0) is 43.6 Å². The molecule has 0 aliphatic rings. The van der Waals surface area contributed by atoms with Gasteiger partial charge in [-0.15, -0.1) is 0 Å². The van der Waals surface area contributed by atoms with Gasteiger partial charge in [0.2, 0.25) is 0 Å². The van der Waals surface area contributed by atoms with Crippen molar-refractivity contribution in [3.63, 3.8) is 0 Å². The average molecular weight is 350 g/mol. The number of aromatic nitrogens is 1. The number of carbonyl (C=O) groups is 2. The number of carboxylic acids is 1.